The number of anilines is 1. The van der Waals surface area contributed by atoms with Crippen molar-refractivity contribution < 1.29 is 4.79 Å². The van der Waals surface area contributed by atoms with Crippen LogP contribution in [-0.2, 0) is 24.1 Å². The number of amides is 1. The fourth-order valence-corrected chi connectivity index (χ4v) is 4.91. The van der Waals surface area contributed by atoms with Gasteiger partial charge in [-0.15, -0.1) is 0 Å². The summed E-state index contributed by atoms with van der Waals surface area (Å²) in [5.74, 6) is 0.315. The largest absolute Gasteiger partial charge is 0.308 e. The topological polar surface area (TPSA) is 20.3 Å². The first-order valence-corrected chi connectivity index (χ1v) is 8.23. The number of carbonyl (C=O) groups excluding carboxylic acids is 1. The second kappa shape index (κ2) is 4.14. The molecule has 2 nitrogen and oxygen atoms in total. The van der Waals surface area contributed by atoms with E-state index in [0.29, 0.717) is 11.9 Å². The maximum Gasteiger partial charge on any atom is 0.234 e. The average molecular weight is 310 g/mol. The van der Waals surface area contributed by atoms with Gasteiger partial charge >= 0.3 is 0 Å². The zero-order valence-electron chi connectivity index (χ0n) is 12.2. The molecule has 1 spiro atoms. The molecule has 2 atom stereocenters. The van der Waals surface area contributed by atoms with Crippen molar-refractivity contribution in [2.45, 2.75) is 31.7 Å². The summed E-state index contributed by atoms with van der Waals surface area (Å²) in [6.45, 7) is 0. The number of benzene rings is 2. The van der Waals surface area contributed by atoms with E-state index in [4.69, 9.17) is 11.6 Å². The second-order valence-corrected chi connectivity index (χ2v) is 7.35. The molecule has 0 aromatic heterocycles. The fourth-order valence-electron chi connectivity index (χ4n) is 4.71. The highest BCUT2D eigenvalue weighted by Crippen LogP contribution is 2.52. The molecule has 22 heavy (non-hydrogen) atoms. The maximum atomic E-state index is 13.2. The molecule has 2 aliphatic heterocycles. The summed E-state index contributed by atoms with van der Waals surface area (Å²) in [6.07, 6.45) is 3.68. The van der Waals surface area contributed by atoms with E-state index in [0.717, 1.165) is 36.4 Å². The number of carbonyl (C=O) groups is 1. The van der Waals surface area contributed by atoms with E-state index in [2.05, 4.69) is 29.2 Å². The van der Waals surface area contributed by atoms with Gasteiger partial charge in [0.15, 0.2) is 0 Å². The van der Waals surface area contributed by atoms with Crippen molar-refractivity contribution in [3.63, 3.8) is 0 Å². The van der Waals surface area contributed by atoms with Gasteiger partial charge in [0.05, 0.1) is 5.41 Å². The van der Waals surface area contributed by atoms with E-state index >= 15 is 0 Å². The van der Waals surface area contributed by atoms with E-state index in [1.54, 1.807) is 0 Å². The highest BCUT2D eigenvalue weighted by Gasteiger charge is 2.56. The van der Waals surface area contributed by atoms with Crippen molar-refractivity contribution in [3.8, 4) is 0 Å². The van der Waals surface area contributed by atoms with Crippen molar-refractivity contribution in [2.24, 2.45) is 5.41 Å². The van der Waals surface area contributed by atoms with Gasteiger partial charge < -0.3 is 4.90 Å². The summed E-state index contributed by atoms with van der Waals surface area (Å²) in [6, 6.07) is 14.7. The summed E-state index contributed by atoms with van der Waals surface area (Å²) in [4.78, 5) is 15.3. The van der Waals surface area contributed by atoms with Crippen LogP contribution in [0.15, 0.2) is 42.5 Å². The molecule has 2 aromatic rings. The minimum Gasteiger partial charge on any atom is -0.308 e. The number of nitrogens with zero attached hydrogens (tertiary/aromatic N) is 1. The van der Waals surface area contributed by atoms with E-state index in [9.17, 15) is 4.79 Å². The number of hydrogen-bond donors (Lipinski definition) is 0. The number of rotatable bonds is 0. The van der Waals surface area contributed by atoms with Gasteiger partial charge in [-0.05, 0) is 60.6 Å². The Balaban J connectivity index is 1.55. The van der Waals surface area contributed by atoms with Gasteiger partial charge in [-0.2, -0.15) is 0 Å². The van der Waals surface area contributed by atoms with Gasteiger partial charge in [0, 0.05) is 16.8 Å². The zero-order valence-corrected chi connectivity index (χ0v) is 12.9. The molecular weight excluding hydrogens is 294 g/mol. The van der Waals surface area contributed by atoms with Crippen LogP contribution < -0.4 is 4.90 Å². The quantitative estimate of drug-likeness (QED) is 0.725. The lowest BCUT2D eigenvalue weighted by Crippen LogP contribution is -2.35. The predicted octanol–water partition coefficient (Wildman–Crippen LogP) is 3.79. The molecule has 1 saturated heterocycles. The lowest BCUT2D eigenvalue weighted by Gasteiger charge is -2.22. The van der Waals surface area contributed by atoms with Gasteiger partial charge in [0.25, 0.3) is 0 Å². The molecule has 1 amide bonds. The van der Waals surface area contributed by atoms with E-state index in [-0.39, 0.29) is 5.41 Å². The first kappa shape index (κ1) is 12.7. The first-order chi connectivity index (χ1) is 10.7. The monoisotopic (exact) mass is 309 g/mol. The Morgan fingerprint density at radius 1 is 1.05 bits per heavy atom. The third-order valence-electron chi connectivity index (χ3n) is 5.60. The van der Waals surface area contributed by atoms with Crippen molar-refractivity contribution in [1.82, 2.24) is 0 Å². The van der Waals surface area contributed by atoms with Gasteiger partial charge in [-0.1, -0.05) is 35.9 Å². The normalized spacial score (nSPS) is 28.1. The van der Waals surface area contributed by atoms with Crippen LogP contribution in [0.5, 0.6) is 0 Å². The first-order valence-electron chi connectivity index (χ1n) is 7.85. The fraction of sp³-hybridized carbons (Fsp3) is 0.316. The standard InChI is InChI=1S/C19H16ClNO/c20-15-6-5-13-9-19(10-14(13)7-15)11-16-8-12-3-1-2-4-17(12)21(16)18(19)22/h1-7,16H,8-11H2/t16-,19-/m0/s1. The molecule has 1 fully saturated rings. The molecule has 110 valence electrons. The van der Waals surface area contributed by atoms with Gasteiger partial charge in [0.2, 0.25) is 5.91 Å². The lowest BCUT2D eigenvalue weighted by atomic mass is 9.80. The summed E-state index contributed by atoms with van der Waals surface area (Å²) in [5, 5.41) is 0.770. The minimum absolute atomic E-state index is 0.231. The molecule has 2 heterocycles. The van der Waals surface area contributed by atoms with Crippen molar-refractivity contribution in [2.75, 3.05) is 4.90 Å². The molecule has 3 aliphatic rings. The Morgan fingerprint density at radius 2 is 1.86 bits per heavy atom. The molecule has 0 radical (unpaired) electrons. The molecule has 2 aromatic carbocycles. The Hall–Kier alpha value is -1.80. The number of hydrogen-bond acceptors (Lipinski definition) is 1. The van der Waals surface area contributed by atoms with Crippen LogP contribution in [0, 0.1) is 5.41 Å². The van der Waals surface area contributed by atoms with Crippen LogP contribution in [0.25, 0.3) is 0 Å². The highest BCUT2D eigenvalue weighted by molar-refractivity contribution is 6.30. The Kier molecular flexibility index (Phi) is 2.39. The van der Waals surface area contributed by atoms with Crippen LogP contribution in [0.4, 0.5) is 5.69 Å². The van der Waals surface area contributed by atoms with Gasteiger partial charge in [0.1, 0.15) is 0 Å². The van der Waals surface area contributed by atoms with Gasteiger partial charge in [-0.25, -0.2) is 0 Å². The molecule has 5 rings (SSSR count). The van der Waals surface area contributed by atoms with E-state index in [1.165, 1.54) is 16.7 Å². The molecule has 0 saturated carbocycles. The van der Waals surface area contributed by atoms with Crippen molar-refractivity contribution >= 4 is 23.2 Å². The van der Waals surface area contributed by atoms with Crippen LogP contribution in [0.3, 0.4) is 0 Å². The second-order valence-electron chi connectivity index (χ2n) is 6.91. The molecule has 0 unspecified atom stereocenters. The smallest absolute Gasteiger partial charge is 0.234 e. The number of fused-ring (bicyclic) bond motifs is 4. The zero-order chi connectivity index (χ0) is 14.9. The Morgan fingerprint density at radius 3 is 2.77 bits per heavy atom. The SMILES string of the molecule is O=C1N2c3ccccc3C[C@H]2C[C@@]12Cc1ccc(Cl)cc1C2. The van der Waals surface area contributed by atoms with Crippen LogP contribution in [0.1, 0.15) is 23.1 Å². The van der Waals surface area contributed by atoms with Crippen LogP contribution >= 0.6 is 11.6 Å². The van der Waals surface area contributed by atoms with E-state index < -0.39 is 0 Å². The molecular formula is C19H16ClNO. The molecule has 0 bridgehead atoms. The van der Waals surface area contributed by atoms with Crippen molar-refractivity contribution in [3.05, 3.63) is 64.2 Å². The molecule has 1 aliphatic carbocycles. The predicted molar refractivity (Wildman–Crippen MR) is 87.3 cm³/mol. The number of halogens is 1. The van der Waals surface area contributed by atoms with Crippen LogP contribution in [0.2, 0.25) is 5.02 Å². The number of para-hydroxylation sites is 1. The Labute approximate surface area is 134 Å². The molecule has 0 N–H and O–H groups in total. The van der Waals surface area contributed by atoms with Gasteiger partial charge in [-0.3, -0.25) is 4.79 Å². The van der Waals surface area contributed by atoms with Crippen LogP contribution in [-0.4, -0.2) is 11.9 Å². The van der Waals surface area contributed by atoms with E-state index in [1.807, 2.05) is 18.2 Å². The average Bonchev–Trinajstić information content (AvgIpc) is 3.11. The summed E-state index contributed by atoms with van der Waals surface area (Å²) in [5.41, 5.74) is 4.77. The third kappa shape index (κ3) is 1.54. The molecule has 3 heteroatoms. The summed E-state index contributed by atoms with van der Waals surface area (Å²) >= 11 is 6.12. The summed E-state index contributed by atoms with van der Waals surface area (Å²) < 4.78 is 0. The minimum atomic E-state index is -0.231. The maximum absolute atomic E-state index is 13.2. The third-order valence-corrected chi connectivity index (χ3v) is 5.83. The van der Waals surface area contributed by atoms with Crippen molar-refractivity contribution in [1.29, 1.82) is 0 Å². The highest BCUT2D eigenvalue weighted by atomic mass is 35.5. The lowest BCUT2D eigenvalue weighted by molar-refractivity contribution is -0.125. The Bertz CT molecular complexity index is 815. The summed E-state index contributed by atoms with van der Waals surface area (Å²) in [7, 11) is 0.